The fraction of sp³-hybridized carbons (Fsp3) is 0.682. The molecule has 9 heteroatoms. The summed E-state index contributed by atoms with van der Waals surface area (Å²) in [6, 6.07) is 4.06. The number of piperidine rings is 1. The molecule has 2 saturated carbocycles. The molecule has 0 unspecified atom stereocenters. The lowest BCUT2D eigenvalue weighted by Crippen LogP contribution is -2.47. The maximum absolute atomic E-state index is 13.1. The van der Waals surface area contributed by atoms with Crippen LogP contribution in [0.15, 0.2) is 23.1 Å². The van der Waals surface area contributed by atoms with Crippen LogP contribution >= 0.6 is 0 Å². The van der Waals surface area contributed by atoms with E-state index in [1.165, 1.54) is 42.1 Å². The molecule has 4 atom stereocenters. The second-order valence-corrected chi connectivity index (χ2v) is 11.4. The molecule has 1 aliphatic heterocycles. The quantitative estimate of drug-likeness (QED) is 0.530. The number of carbonyl (C=O) groups excluding carboxylic acids is 1. The van der Waals surface area contributed by atoms with Gasteiger partial charge in [-0.3, -0.25) is 14.9 Å². The van der Waals surface area contributed by atoms with E-state index in [0.717, 1.165) is 17.9 Å². The van der Waals surface area contributed by atoms with Crippen LogP contribution in [0.3, 0.4) is 0 Å². The predicted molar refractivity (Wildman–Crippen MR) is 116 cm³/mol. The van der Waals surface area contributed by atoms with Crippen molar-refractivity contribution in [3.8, 4) is 0 Å². The molecule has 1 N–H and O–H groups in total. The van der Waals surface area contributed by atoms with Crippen LogP contribution < -0.4 is 5.32 Å². The second kappa shape index (κ2) is 8.50. The smallest absolute Gasteiger partial charge is 0.270 e. The number of carbonyl (C=O) groups is 1. The Hall–Kier alpha value is -2.00. The minimum Gasteiger partial charge on any atom is -0.353 e. The van der Waals surface area contributed by atoms with Gasteiger partial charge in [0, 0.05) is 37.2 Å². The predicted octanol–water partition coefficient (Wildman–Crippen LogP) is 3.24. The molecule has 170 valence electrons. The van der Waals surface area contributed by atoms with Gasteiger partial charge in [-0.1, -0.05) is 12.5 Å². The Kier molecular flexibility index (Phi) is 6.09. The van der Waals surface area contributed by atoms with E-state index in [4.69, 9.17) is 0 Å². The van der Waals surface area contributed by atoms with E-state index in [-0.39, 0.29) is 41.5 Å². The summed E-state index contributed by atoms with van der Waals surface area (Å²) in [5.74, 6) is 1.98. The monoisotopic (exact) mass is 449 g/mol. The molecular formula is C22H31N3O5S. The van der Waals surface area contributed by atoms with Gasteiger partial charge in [-0.05, 0) is 69.3 Å². The lowest BCUT2D eigenvalue weighted by molar-refractivity contribution is -0.385. The minimum absolute atomic E-state index is 0.0267. The zero-order valence-electron chi connectivity index (χ0n) is 18.1. The van der Waals surface area contributed by atoms with Crippen molar-refractivity contribution in [1.82, 2.24) is 9.62 Å². The van der Waals surface area contributed by atoms with Gasteiger partial charge in [0.1, 0.15) is 0 Å². The highest BCUT2D eigenvalue weighted by atomic mass is 32.2. The number of benzene rings is 1. The topological polar surface area (TPSA) is 110 Å². The number of non-ortho nitro benzene ring substituents is 1. The molecule has 2 bridgehead atoms. The highest BCUT2D eigenvalue weighted by Crippen LogP contribution is 2.49. The molecule has 1 aromatic rings. The third kappa shape index (κ3) is 4.35. The molecule has 1 amide bonds. The summed E-state index contributed by atoms with van der Waals surface area (Å²) in [4.78, 5) is 23.3. The molecule has 1 saturated heterocycles. The number of rotatable bonds is 6. The fourth-order valence-corrected chi connectivity index (χ4v) is 7.55. The molecule has 0 radical (unpaired) electrons. The first-order valence-electron chi connectivity index (χ1n) is 11.2. The van der Waals surface area contributed by atoms with Crippen molar-refractivity contribution in [2.75, 3.05) is 13.1 Å². The van der Waals surface area contributed by atoms with Gasteiger partial charge in [0.25, 0.3) is 5.69 Å². The molecule has 1 heterocycles. The summed E-state index contributed by atoms with van der Waals surface area (Å²) < 4.78 is 27.5. The van der Waals surface area contributed by atoms with Crippen molar-refractivity contribution in [3.63, 3.8) is 0 Å². The summed E-state index contributed by atoms with van der Waals surface area (Å²) in [7, 11) is -3.84. The molecule has 4 rings (SSSR count). The van der Waals surface area contributed by atoms with E-state index in [9.17, 15) is 23.3 Å². The first-order valence-corrected chi connectivity index (χ1v) is 12.7. The van der Waals surface area contributed by atoms with Gasteiger partial charge in [-0.25, -0.2) is 8.42 Å². The normalized spacial score (nSPS) is 27.9. The zero-order chi connectivity index (χ0) is 22.3. The van der Waals surface area contributed by atoms with Crippen molar-refractivity contribution < 1.29 is 18.1 Å². The number of amides is 1. The van der Waals surface area contributed by atoms with Crippen LogP contribution in [0.1, 0.15) is 51.0 Å². The van der Waals surface area contributed by atoms with Crippen molar-refractivity contribution in [1.29, 1.82) is 0 Å². The second-order valence-electron chi connectivity index (χ2n) is 9.52. The molecule has 1 aromatic carbocycles. The molecule has 2 aliphatic carbocycles. The van der Waals surface area contributed by atoms with Gasteiger partial charge < -0.3 is 5.32 Å². The number of fused-ring (bicyclic) bond motifs is 2. The third-order valence-electron chi connectivity index (χ3n) is 7.63. The van der Waals surface area contributed by atoms with Gasteiger partial charge in [-0.15, -0.1) is 0 Å². The van der Waals surface area contributed by atoms with Crippen molar-refractivity contribution in [2.24, 2.45) is 23.7 Å². The summed E-state index contributed by atoms with van der Waals surface area (Å²) in [5, 5.41) is 14.3. The number of hydrogen-bond acceptors (Lipinski definition) is 5. The summed E-state index contributed by atoms with van der Waals surface area (Å²) in [5.41, 5.74) is 0.234. The third-order valence-corrected chi connectivity index (χ3v) is 9.67. The molecule has 31 heavy (non-hydrogen) atoms. The van der Waals surface area contributed by atoms with E-state index in [1.54, 1.807) is 6.92 Å². The Morgan fingerprint density at radius 3 is 2.48 bits per heavy atom. The maximum atomic E-state index is 13.1. The van der Waals surface area contributed by atoms with Crippen LogP contribution in [0.4, 0.5) is 5.69 Å². The molecule has 3 aliphatic rings. The highest BCUT2D eigenvalue weighted by Gasteiger charge is 2.42. The van der Waals surface area contributed by atoms with Crippen molar-refractivity contribution in [2.45, 2.75) is 63.3 Å². The summed E-state index contributed by atoms with van der Waals surface area (Å²) in [6.07, 6.45) is 6.05. The number of nitrogens with one attached hydrogen (secondary N) is 1. The summed E-state index contributed by atoms with van der Waals surface area (Å²) in [6.45, 7) is 4.22. The fourth-order valence-electron chi connectivity index (χ4n) is 5.83. The van der Waals surface area contributed by atoms with Gasteiger partial charge in [0.2, 0.25) is 15.9 Å². The average molecular weight is 450 g/mol. The number of nitro groups is 1. The van der Waals surface area contributed by atoms with Crippen LogP contribution in [0.2, 0.25) is 0 Å². The van der Waals surface area contributed by atoms with E-state index < -0.39 is 14.9 Å². The Balaban J connectivity index is 1.36. The lowest BCUT2D eigenvalue weighted by atomic mass is 9.83. The SMILES string of the molecule is Cc1ccc([N+](=O)[O-])cc1S(=O)(=O)N1CCC(C(=O)N[C@@H](C)[C@H]2C[C@H]3CC[C@H]2C3)CC1. The largest absolute Gasteiger partial charge is 0.353 e. The van der Waals surface area contributed by atoms with Crippen LogP contribution in [0.5, 0.6) is 0 Å². The lowest BCUT2D eigenvalue weighted by Gasteiger charge is -2.33. The minimum atomic E-state index is -3.84. The van der Waals surface area contributed by atoms with Gasteiger partial charge >= 0.3 is 0 Å². The van der Waals surface area contributed by atoms with Gasteiger partial charge in [-0.2, -0.15) is 4.31 Å². The first-order chi connectivity index (χ1) is 14.7. The zero-order valence-corrected chi connectivity index (χ0v) is 18.9. The Labute approximate surface area is 183 Å². The average Bonchev–Trinajstić information content (AvgIpc) is 3.37. The summed E-state index contributed by atoms with van der Waals surface area (Å²) >= 11 is 0. The van der Waals surface area contributed by atoms with Crippen LogP contribution in [-0.2, 0) is 14.8 Å². The number of nitrogens with zero attached hydrogens (tertiary/aromatic N) is 2. The Morgan fingerprint density at radius 2 is 1.90 bits per heavy atom. The van der Waals surface area contributed by atoms with E-state index in [0.29, 0.717) is 24.3 Å². The molecular weight excluding hydrogens is 418 g/mol. The molecule has 3 fully saturated rings. The Morgan fingerprint density at radius 1 is 1.19 bits per heavy atom. The van der Waals surface area contributed by atoms with Gasteiger partial charge in [0.05, 0.1) is 9.82 Å². The first kappa shape index (κ1) is 22.2. The highest BCUT2D eigenvalue weighted by molar-refractivity contribution is 7.89. The molecule has 8 nitrogen and oxygen atoms in total. The van der Waals surface area contributed by atoms with Gasteiger partial charge in [0.15, 0.2) is 0 Å². The van der Waals surface area contributed by atoms with E-state index in [1.807, 2.05) is 0 Å². The van der Waals surface area contributed by atoms with Crippen LogP contribution in [0.25, 0.3) is 0 Å². The standard InChI is InChI=1S/C22H31N3O5S/c1-14-3-6-19(25(27)28)13-21(14)31(29,30)24-9-7-17(8-10-24)22(26)23-15(2)20-12-16-4-5-18(20)11-16/h3,6,13,15-18,20H,4-5,7-12H2,1-2H3,(H,23,26)/t15-,16-,18-,20+/m0/s1. The number of aryl methyl sites for hydroxylation is 1. The number of sulfonamides is 1. The van der Waals surface area contributed by atoms with E-state index in [2.05, 4.69) is 12.2 Å². The number of nitro benzene ring substituents is 1. The number of hydrogen-bond donors (Lipinski definition) is 1. The van der Waals surface area contributed by atoms with Crippen LogP contribution in [-0.4, -0.2) is 42.7 Å². The molecule has 0 spiro atoms. The van der Waals surface area contributed by atoms with Crippen molar-refractivity contribution >= 4 is 21.6 Å². The van der Waals surface area contributed by atoms with Crippen molar-refractivity contribution in [3.05, 3.63) is 33.9 Å². The van der Waals surface area contributed by atoms with E-state index >= 15 is 0 Å². The Bertz CT molecular complexity index is 971. The van der Waals surface area contributed by atoms with Crippen LogP contribution in [0, 0.1) is 40.7 Å². The molecule has 0 aromatic heterocycles. The maximum Gasteiger partial charge on any atom is 0.270 e.